The quantitative estimate of drug-likeness (QED) is 0.797. The van der Waals surface area contributed by atoms with Crippen molar-refractivity contribution < 1.29 is 9.84 Å². The first-order chi connectivity index (χ1) is 9.08. The van der Waals surface area contributed by atoms with Gasteiger partial charge in [-0.25, -0.2) is 0 Å². The minimum absolute atomic E-state index is 0.0697. The van der Waals surface area contributed by atoms with Gasteiger partial charge in [0.25, 0.3) is 0 Å². The Morgan fingerprint density at radius 1 is 1.26 bits per heavy atom. The molecule has 0 aliphatic carbocycles. The van der Waals surface area contributed by atoms with E-state index in [1.165, 1.54) is 0 Å². The molecule has 0 saturated carbocycles. The van der Waals surface area contributed by atoms with Crippen molar-refractivity contribution in [2.24, 2.45) is 11.7 Å². The highest BCUT2D eigenvalue weighted by molar-refractivity contribution is 5.40. The summed E-state index contributed by atoms with van der Waals surface area (Å²) in [6.07, 6.45) is 1.50. The standard InChI is InChI=1S/C16H27NO2/c1-5-12(6-2)16(18)14(10-17)13-9-11(3)7-8-15(13)19-4/h7-9,12,14,16,18H,5-6,10,17H2,1-4H3. The van der Waals surface area contributed by atoms with Gasteiger partial charge < -0.3 is 15.6 Å². The molecule has 3 N–H and O–H groups in total. The first-order valence-corrected chi connectivity index (χ1v) is 7.11. The average molecular weight is 265 g/mol. The number of ether oxygens (including phenoxy) is 1. The first-order valence-electron chi connectivity index (χ1n) is 7.11. The van der Waals surface area contributed by atoms with Gasteiger partial charge in [0.2, 0.25) is 0 Å². The summed E-state index contributed by atoms with van der Waals surface area (Å²) in [5.74, 6) is 1.02. The Morgan fingerprint density at radius 2 is 1.89 bits per heavy atom. The Hall–Kier alpha value is -1.06. The van der Waals surface area contributed by atoms with Crippen molar-refractivity contribution in [3.8, 4) is 5.75 Å². The second kappa shape index (κ2) is 7.51. The van der Waals surface area contributed by atoms with Gasteiger partial charge in [0, 0.05) is 18.0 Å². The molecule has 1 rings (SSSR count). The molecular weight excluding hydrogens is 238 g/mol. The van der Waals surface area contributed by atoms with Gasteiger partial charge >= 0.3 is 0 Å². The van der Waals surface area contributed by atoms with E-state index in [1.807, 2.05) is 19.1 Å². The summed E-state index contributed by atoms with van der Waals surface area (Å²) >= 11 is 0. The highest BCUT2D eigenvalue weighted by atomic mass is 16.5. The van der Waals surface area contributed by atoms with Crippen molar-refractivity contribution in [2.75, 3.05) is 13.7 Å². The van der Waals surface area contributed by atoms with Crippen LogP contribution < -0.4 is 10.5 Å². The Kier molecular flexibility index (Phi) is 6.32. The molecule has 0 aromatic heterocycles. The molecule has 0 bridgehead atoms. The molecule has 1 aromatic rings. The first kappa shape index (κ1) is 16.0. The van der Waals surface area contributed by atoms with Crippen LogP contribution in [0.4, 0.5) is 0 Å². The molecule has 0 fully saturated rings. The average Bonchev–Trinajstić information content (AvgIpc) is 2.41. The van der Waals surface area contributed by atoms with Crippen molar-refractivity contribution in [2.45, 2.75) is 45.6 Å². The highest BCUT2D eigenvalue weighted by Crippen LogP contribution is 2.33. The van der Waals surface area contributed by atoms with Crippen molar-refractivity contribution >= 4 is 0 Å². The van der Waals surface area contributed by atoms with Crippen LogP contribution in [0.2, 0.25) is 0 Å². The number of benzene rings is 1. The molecule has 0 aliphatic rings. The summed E-state index contributed by atoms with van der Waals surface area (Å²) in [4.78, 5) is 0. The van der Waals surface area contributed by atoms with Gasteiger partial charge in [0.1, 0.15) is 5.75 Å². The van der Waals surface area contributed by atoms with E-state index in [2.05, 4.69) is 19.9 Å². The highest BCUT2D eigenvalue weighted by Gasteiger charge is 2.28. The summed E-state index contributed by atoms with van der Waals surface area (Å²) in [7, 11) is 1.66. The fraction of sp³-hybridized carbons (Fsp3) is 0.625. The van der Waals surface area contributed by atoms with Crippen LogP contribution in [0, 0.1) is 12.8 Å². The molecule has 0 radical (unpaired) electrons. The van der Waals surface area contributed by atoms with E-state index in [-0.39, 0.29) is 11.8 Å². The number of aliphatic hydroxyl groups is 1. The molecule has 19 heavy (non-hydrogen) atoms. The van der Waals surface area contributed by atoms with E-state index in [0.29, 0.717) is 6.54 Å². The van der Waals surface area contributed by atoms with Crippen molar-refractivity contribution in [3.63, 3.8) is 0 Å². The van der Waals surface area contributed by atoms with Crippen LogP contribution in [0.5, 0.6) is 5.75 Å². The van der Waals surface area contributed by atoms with Gasteiger partial charge in [-0.2, -0.15) is 0 Å². The van der Waals surface area contributed by atoms with E-state index in [0.717, 1.165) is 29.7 Å². The molecule has 0 aliphatic heterocycles. The molecule has 0 spiro atoms. The smallest absolute Gasteiger partial charge is 0.122 e. The van der Waals surface area contributed by atoms with E-state index >= 15 is 0 Å². The van der Waals surface area contributed by atoms with Crippen LogP contribution in [-0.2, 0) is 0 Å². The van der Waals surface area contributed by atoms with Crippen LogP contribution in [0.25, 0.3) is 0 Å². The predicted octanol–water partition coefficient (Wildman–Crippen LogP) is 2.84. The lowest BCUT2D eigenvalue weighted by molar-refractivity contribution is 0.0771. The summed E-state index contributed by atoms with van der Waals surface area (Å²) in [6, 6.07) is 6.04. The normalized spacial score (nSPS) is 14.5. The van der Waals surface area contributed by atoms with Gasteiger partial charge in [-0.05, 0) is 18.9 Å². The fourth-order valence-corrected chi connectivity index (χ4v) is 2.69. The maximum absolute atomic E-state index is 10.6. The number of aryl methyl sites for hydroxylation is 1. The lowest BCUT2D eigenvalue weighted by Gasteiger charge is -2.29. The number of hydrogen-bond acceptors (Lipinski definition) is 3. The van der Waals surface area contributed by atoms with E-state index in [4.69, 9.17) is 10.5 Å². The SMILES string of the molecule is CCC(CC)C(O)C(CN)c1cc(C)ccc1OC. The van der Waals surface area contributed by atoms with Gasteiger partial charge in [0.05, 0.1) is 13.2 Å². The number of aliphatic hydroxyl groups excluding tert-OH is 1. The van der Waals surface area contributed by atoms with Gasteiger partial charge in [-0.3, -0.25) is 0 Å². The maximum atomic E-state index is 10.6. The molecule has 2 atom stereocenters. The Labute approximate surface area is 116 Å². The van der Waals surface area contributed by atoms with Crippen molar-refractivity contribution in [1.82, 2.24) is 0 Å². The molecule has 1 aromatic carbocycles. The number of methoxy groups -OCH3 is 1. The van der Waals surface area contributed by atoms with Gasteiger partial charge in [-0.1, -0.05) is 44.4 Å². The van der Waals surface area contributed by atoms with E-state index < -0.39 is 6.10 Å². The zero-order valence-electron chi connectivity index (χ0n) is 12.5. The largest absolute Gasteiger partial charge is 0.496 e. The zero-order chi connectivity index (χ0) is 14.4. The second-order valence-corrected chi connectivity index (χ2v) is 5.15. The van der Waals surface area contributed by atoms with Crippen molar-refractivity contribution in [1.29, 1.82) is 0 Å². The molecule has 0 saturated heterocycles. The monoisotopic (exact) mass is 265 g/mol. The zero-order valence-corrected chi connectivity index (χ0v) is 12.5. The fourth-order valence-electron chi connectivity index (χ4n) is 2.69. The maximum Gasteiger partial charge on any atom is 0.122 e. The number of rotatable bonds is 7. The summed E-state index contributed by atoms with van der Waals surface area (Å²) in [5, 5.41) is 10.6. The summed E-state index contributed by atoms with van der Waals surface area (Å²) < 4.78 is 5.41. The van der Waals surface area contributed by atoms with Gasteiger partial charge in [-0.15, -0.1) is 0 Å². The number of hydrogen-bond donors (Lipinski definition) is 2. The van der Waals surface area contributed by atoms with Gasteiger partial charge in [0.15, 0.2) is 0 Å². The molecule has 2 unspecified atom stereocenters. The van der Waals surface area contributed by atoms with E-state index in [1.54, 1.807) is 7.11 Å². The van der Waals surface area contributed by atoms with Crippen LogP contribution in [0.15, 0.2) is 18.2 Å². The third kappa shape index (κ3) is 3.71. The summed E-state index contributed by atoms with van der Waals surface area (Å²) in [5.41, 5.74) is 8.09. The molecule has 108 valence electrons. The molecular formula is C16H27NO2. The Balaban J connectivity index is 3.11. The third-order valence-electron chi connectivity index (χ3n) is 3.98. The lowest BCUT2D eigenvalue weighted by Crippen LogP contribution is -2.32. The van der Waals surface area contributed by atoms with Crippen molar-refractivity contribution in [3.05, 3.63) is 29.3 Å². The molecule has 3 heteroatoms. The van der Waals surface area contributed by atoms with Crippen LogP contribution in [0.1, 0.15) is 43.7 Å². The molecule has 0 amide bonds. The minimum Gasteiger partial charge on any atom is -0.496 e. The van der Waals surface area contributed by atoms with E-state index in [9.17, 15) is 5.11 Å². The molecule has 0 heterocycles. The second-order valence-electron chi connectivity index (χ2n) is 5.15. The summed E-state index contributed by atoms with van der Waals surface area (Å²) in [6.45, 7) is 6.69. The number of nitrogens with two attached hydrogens (primary N) is 1. The van der Waals surface area contributed by atoms with Crippen LogP contribution in [0.3, 0.4) is 0 Å². The predicted molar refractivity (Wildman–Crippen MR) is 79.6 cm³/mol. The Morgan fingerprint density at radius 3 is 2.37 bits per heavy atom. The van der Waals surface area contributed by atoms with Crippen LogP contribution >= 0.6 is 0 Å². The third-order valence-corrected chi connectivity index (χ3v) is 3.98. The molecule has 3 nitrogen and oxygen atoms in total. The lowest BCUT2D eigenvalue weighted by atomic mass is 9.82. The Bertz CT molecular complexity index is 388. The topological polar surface area (TPSA) is 55.5 Å². The van der Waals surface area contributed by atoms with Crippen LogP contribution in [-0.4, -0.2) is 24.9 Å². The minimum atomic E-state index is -0.421.